The highest BCUT2D eigenvalue weighted by atomic mass is 15.2. The molecule has 12 aromatic rings. The smallest absolute Gasteiger partial charge is 0.0479 e. The van der Waals surface area contributed by atoms with Crippen molar-refractivity contribution < 1.29 is 0 Å². The summed E-state index contributed by atoms with van der Waals surface area (Å²) < 4.78 is 0. The summed E-state index contributed by atoms with van der Waals surface area (Å²) in [7, 11) is 0. The van der Waals surface area contributed by atoms with Gasteiger partial charge in [-0.15, -0.1) is 0 Å². The van der Waals surface area contributed by atoms with Gasteiger partial charge in [-0.3, -0.25) is 0 Å². The van der Waals surface area contributed by atoms with E-state index in [2.05, 4.69) is 294 Å². The van der Waals surface area contributed by atoms with Crippen LogP contribution in [0.3, 0.4) is 0 Å². The molecule has 0 heterocycles. The zero-order valence-electron chi connectivity index (χ0n) is 38.5. The molecule has 12 aromatic carbocycles. The SMILES string of the molecule is Nc1c(-c2ccc3cc(N(c4ccccc4)c4ccccc4)ccc3c2)cc2cc(N(c3ccccc3)c3ccccc3)ccc2c1-c1ccc2cc(N(c3ccccc3)c3ccccc3)ccc2c1. The molecule has 0 aliphatic rings. The molecule has 0 aromatic heterocycles. The van der Waals surface area contributed by atoms with Gasteiger partial charge in [0.1, 0.15) is 0 Å². The Balaban J connectivity index is 1.00. The number of nitrogens with zero attached hydrogens (tertiary/aromatic N) is 3. The number of hydrogen-bond donors (Lipinski definition) is 1. The van der Waals surface area contributed by atoms with Crippen LogP contribution >= 0.6 is 0 Å². The van der Waals surface area contributed by atoms with Crippen molar-refractivity contribution in [3.63, 3.8) is 0 Å². The van der Waals surface area contributed by atoms with E-state index >= 15 is 0 Å². The van der Waals surface area contributed by atoms with Crippen LogP contribution in [0.1, 0.15) is 0 Å². The summed E-state index contributed by atoms with van der Waals surface area (Å²) in [6, 6.07) is 99.4. The zero-order valence-corrected chi connectivity index (χ0v) is 38.5. The Labute approximate surface area is 409 Å². The van der Waals surface area contributed by atoms with Crippen LogP contribution < -0.4 is 20.4 Å². The van der Waals surface area contributed by atoms with Crippen LogP contribution in [0, 0.1) is 0 Å². The minimum absolute atomic E-state index is 0.744. The fraction of sp³-hybridized carbons (Fsp3) is 0. The normalized spacial score (nSPS) is 11.2. The van der Waals surface area contributed by atoms with Crippen LogP contribution in [0.4, 0.5) is 56.9 Å². The number of fused-ring (bicyclic) bond motifs is 3. The van der Waals surface area contributed by atoms with Crippen LogP contribution in [-0.2, 0) is 0 Å². The van der Waals surface area contributed by atoms with E-state index in [4.69, 9.17) is 5.73 Å². The molecule has 0 amide bonds. The van der Waals surface area contributed by atoms with Crippen molar-refractivity contribution in [2.75, 3.05) is 20.4 Å². The number of para-hydroxylation sites is 6. The van der Waals surface area contributed by atoms with Crippen LogP contribution in [0.5, 0.6) is 0 Å². The van der Waals surface area contributed by atoms with E-state index in [1.165, 1.54) is 0 Å². The maximum absolute atomic E-state index is 7.54. The quantitative estimate of drug-likeness (QED) is 0.131. The molecular formula is C66H48N4. The molecule has 0 bridgehead atoms. The Morgan fingerprint density at radius 3 is 0.914 bits per heavy atom. The molecule has 4 nitrogen and oxygen atoms in total. The predicted octanol–water partition coefficient (Wildman–Crippen LogP) is 18.5. The third-order valence-corrected chi connectivity index (χ3v) is 13.3. The van der Waals surface area contributed by atoms with Crippen molar-refractivity contribution in [3.8, 4) is 22.3 Å². The number of nitrogen functional groups attached to an aromatic ring is 1. The Hall–Kier alpha value is -9.38. The first-order chi connectivity index (χ1) is 34.6. The number of anilines is 10. The molecule has 70 heavy (non-hydrogen) atoms. The van der Waals surface area contributed by atoms with Gasteiger partial charge >= 0.3 is 0 Å². The molecule has 12 rings (SSSR count). The minimum Gasteiger partial charge on any atom is -0.398 e. The summed E-state index contributed by atoms with van der Waals surface area (Å²) in [4.78, 5) is 6.93. The number of hydrogen-bond acceptors (Lipinski definition) is 4. The molecule has 0 aliphatic carbocycles. The lowest BCUT2D eigenvalue weighted by Crippen LogP contribution is -2.09. The first-order valence-electron chi connectivity index (χ1n) is 23.8. The largest absolute Gasteiger partial charge is 0.398 e. The lowest BCUT2D eigenvalue weighted by Gasteiger charge is -2.26. The maximum atomic E-state index is 7.54. The van der Waals surface area contributed by atoms with Crippen LogP contribution in [-0.4, -0.2) is 0 Å². The Morgan fingerprint density at radius 2 is 0.529 bits per heavy atom. The first-order valence-corrected chi connectivity index (χ1v) is 23.8. The standard InChI is InChI=1S/C66H48N4/c67-66-64(51-33-31-49-43-60(37-35-47(49)41-51)68(54-19-7-1-8-20-54)55-21-9-2-10-22-55)46-53-45-62(70(58-27-15-5-16-28-58)59-29-17-6-18-30-59)39-40-63(53)65(66)52-34-32-50-44-61(38-36-48(50)42-52)69(56-23-11-3-12-24-56)57-25-13-4-14-26-57/h1-46H,67H2. The second kappa shape index (κ2) is 18.4. The van der Waals surface area contributed by atoms with E-state index in [0.29, 0.717) is 0 Å². The molecule has 0 unspecified atom stereocenters. The lowest BCUT2D eigenvalue weighted by atomic mass is 9.89. The highest BCUT2D eigenvalue weighted by molar-refractivity contribution is 6.11. The molecular weight excluding hydrogens is 849 g/mol. The first kappa shape index (κ1) is 42.0. The molecule has 0 atom stereocenters. The fourth-order valence-corrected chi connectivity index (χ4v) is 9.97. The average Bonchev–Trinajstić information content (AvgIpc) is 3.42. The van der Waals surface area contributed by atoms with Gasteiger partial charge in [0.2, 0.25) is 0 Å². The van der Waals surface area contributed by atoms with Crippen molar-refractivity contribution in [2.45, 2.75) is 0 Å². The van der Waals surface area contributed by atoms with Gasteiger partial charge in [-0.1, -0.05) is 152 Å². The average molecular weight is 897 g/mol. The van der Waals surface area contributed by atoms with Gasteiger partial charge in [0, 0.05) is 68.0 Å². The van der Waals surface area contributed by atoms with Crippen LogP contribution in [0.15, 0.2) is 279 Å². The molecule has 332 valence electrons. The molecule has 0 aliphatic heterocycles. The van der Waals surface area contributed by atoms with Gasteiger partial charge in [0.25, 0.3) is 0 Å². The second-order valence-electron chi connectivity index (χ2n) is 17.6. The van der Waals surface area contributed by atoms with Crippen molar-refractivity contribution >= 4 is 89.2 Å². The van der Waals surface area contributed by atoms with Gasteiger partial charge in [0.15, 0.2) is 0 Å². The van der Waals surface area contributed by atoms with Crippen molar-refractivity contribution in [1.29, 1.82) is 0 Å². The monoisotopic (exact) mass is 896 g/mol. The summed E-state index contributed by atoms with van der Waals surface area (Å²) in [5.41, 5.74) is 22.3. The molecule has 2 N–H and O–H groups in total. The van der Waals surface area contributed by atoms with Crippen LogP contribution in [0.25, 0.3) is 54.6 Å². The lowest BCUT2D eigenvalue weighted by molar-refractivity contribution is 1.29. The van der Waals surface area contributed by atoms with Crippen molar-refractivity contribution in [3.05, 3.63) is 279 Å². The zero-order chi connectivity index (χ0) is 46.8. The topological polar surface area (TPSA) is 35.7 Å². The Bertz CT molecular complexity index is 3650. The third-order valence-electron chi connectivity index (χ3n) is 13.3. The second-order valence-corrected chi connectivity index (χ2v) is 17.6. The van der Waals surface area contributed by atoms with Crippen LogP contribution in [0.2, 0.25) is 0 Å². The molecule has 0 spiro atoms. The molecule has 0 saturated heterocycles. The fourth-order valence-electron chi connectivity index (χ4n) is 9.97. The summed E-state index contributed by atoms with van der Waals surface area (Å²) in [5, 5.41) is 6.76. The highest BCUT2D eigenvalue weighted by Gasteiger charge is 2.20. The van der Waals surface area contributed by atoms with Crippen molar-refractivity contribution in [2.24, 2.45) is 0 Å². The summed E-state index contributed by atoms with van der Waals surface area (Å²) in [5.74, 6) is 0. The van der Waals surface area contributed by atoms with Gasteiger partial charge < -0.3 is 20.4 Å². The summed E-state index contributed by atoms with van der Waals surface area (Å²) in [6.07, 6.45) is 0. The highest BCUT2D eigenvalue weighted by Crippen LogP contribution is 2.46. The van der Waals surface area contributed by atoms with Gasteiger partial charge in [0.05, 0.1) is 0 Å². The van der Waals surface area contributed by atoms with E-state index in [0.717, 1.165) is 111 Å². The minimum atomic E-state index is 0.744. The predicted molar refractivity (Wildman–Crippen MR) is 298 cm³/mol. The van der Waals surface area contributed by atoms with Gasteiger partial charge in [-0.2, -0.15) is 0 Å². The molecule has 4 heteroatoms. The van der Waals surface area contributed by atoms with E-state index in [1.807, 2.05) is 0 Å². The van der Waals surface area contributed by atoms with E-state index in [-0.39, 0.29) is 0 Å². The molecule has 0 radical (unpaired) electrons. The number of nitrogens with two attached hydrogens (primary N) is 1. The van der Waals surface area contributed by atoms with E-state index < -0.39 is 0 Å². The van der Waals surface area contributed by atoms with Gasteiger partial charge in [-0.25, -0.2) is 0 Å². The molecule has 0 fully saturated rings. The summed E-state index contributed by atoms with van der Waals surface area (Å²) >= 11 is 0. The summed E-state index contributed by atoms with van der Waals surface area (Å²) in [6.45, 7) is 0. The number of benzene rings is 12. The Morgan fingerprint density at radius 1 is 0.229 bits per heavy atom. The molecule has 0 saturated carbocycles. The Kier molecular flexibility index (Phi) is 11.0. The van der Waals surface area contributed by atoms with E-state index in [9.17, 15) is 0 Å². The van der Waals surface area contributed by atoms with Crippen molar-refractivity contribution in [1.82, 2.24) is 0 Å². The number of rotatable bonds is 11. The van der Waals surface area contributed by atoms with Gasteiger partial charge in [-0.05, 0) is 171 Å². The maximum Gasteiger partial charge on any atom is 0.0479 e. The van der Waals surface area contributed by atoms with E-state index in [1.54, 1.807) is 0 Å². The third kappa shape index (κ3) is 8.04.